The molecule has 286 valence electrons. The molecule has 4 atom stereocenters. The Balaban J connectivity index is 3.77. The molecule has 1 amide bonds. The molecule has 0 saturated heterocycles. The smallest absolute Gasteiger partial charge is 0.249 e. The average Bonchev–Trinajstić information content (AvgIpc) is 3.09. The van der Waals surface area contributed by atoms with Gasteiger partial charge in [0.05, 0.1) is 18.8 Å². The van der Waals surface area contributed by atoms with Crippen molar-refractivity contribution >= 4 is 5.91 Å². The Bertz CT molecular complexity index is 687. The van der Waals surface area contributed by atoms with E-state index in [4.69, 9.17) is 0 Å². The number of carbonyl (C=O) groups excluding carboxylic acids is 1. The molecule has 0 radical (unpaired) electrons. The molecule has 6 heteroatoms. The first kappa shape index (κ1) is 47.0. The SMILES string of the molecule is CCCCCCCCCCC/C=C/CCCCC[C@@H](O)[C@@H](O)[C@@H](CO)NC(=O)[C@H](O)CCCCCCCCCCCCCCCCCC. The van der Waals surface area contributed by atoms with Gasteiger partial charge in [0, 0.05) is 0 Å². The van der Waals surface area contributed by atoms with E-state index in [9.17, 15) is 25.2 Å². The van der Waals surface area contributed by atoms with E-state index in [1.165, 1.54) is 141 Å². The standard InChI is InChI=1S/C42H83NO5/c1-3-5-7-9-11-13-15-17-19-21-23-25-27-29-31-33-35-39(45)41(47)38(37-44)43-42(48)40(46)36-34-32-30-28-26-24-22-20-18-16-14-12-10-8-6-4-2/h23,25,38-41,44-47H,3-22,24,26-37H2,1-2H3,(H,43,48)/b25-23+/t38-,39-,40-,41+/m1/s1. The zero-order valence-electron chi connectivity index (χ0n) is 32.0. The van der Waals surface area contributed by atoms with Crippen molar-refractivity contribution in [2.75, 3.05) is 6.61 Å². The normalized spacial score (nSPS) is 14.4. The van der Waals surface area contributed by atoms with Crippen LogP contribution in [0.1, 0.15) is 219 Å². The first-order valence-corrected chi connectivity index (χ1v) is 21.1. The van der Waals surface area contributed by atoms with E-state index in [-0.39, 0.29) is 0 Å². The summed E-state index contributed by atoms with van der Waals surface area (Å²) in [5.74, 6) is -0.588. The molecule has 6 nitrogen and oxygen atoms in total. The van der Waals surface area contributed by atoms with Crippen molar-refractivity contribution in [3.8, 4) is 0 Å². The van der Waals surface area contributed by atoms with Gasteiger partial charge in [-0.3, -0.25) is 4.79 Å². The molecule has 0 spiro atoms. The Morgan fingerprint density at radius 2 is 0.833 bits per heavy atom. The van der Waals surface area contributed by atoms with Gasteiger partial charge in [-0.2, -0.15) is 0 Å². The van der Waals surface area contributed by atoms with E-state index < -0.39 is 36.9 Å². The third-order valence-electron chi connectivity index (χ3n) is 9.98. The highest BCUT2D eigenvalue weighted by molar-refractivity contribution is 5.80. The Hall–Kier alpha value is -0.950. The second-order valence-corrected chi connectivity index (χ2v) is 14.7. The molecule has 0 aromatic heterocycles. The van der Waals surface area contributed by atoms with Crippen LogP contribution >= 0.6 is 0 Å². The van der Waals surface area contributed by atoms with Gasteiger partial charge >= 0.3 is 0 Å². The molecule has 0 rings (SSSR count). The van der Waals surface area contributed by atoms with E-state index in [0.717, 1.165) is 51.4 Å². The highest BCUT2D eigenvalue weighted by Gasteiger charge is 2.28. The largest absolute Gasteiger partial charge is 0.394 e. The molecule has 0 bridgehead atoms. The second kappa shape index (κ2) is 37.3. The Labute approximate surface area is 298 Å². The van der Waals surface area contributed by atoms with Crippen molar-refractivity contribution in [2.45, 2.75) is 244 Å². The molecule has 0 heterocycles. The monoisotopic (exact) mass is 682 g/mol. The number of unbranched alkanes of at least 4 members (excludes halogenated alkanes) is 27. The number of hydrogen-bond donors (Lipinski definition) is 5. The second-order valence-electron chi connectivity index (χ2n) is 14.7. The molecule has 0 aromatic rings. The van der Waals surface area contributed by atoms with Gasteiger partial charge in [-0.15, -0.1) is 0 Å². The van der Waals surface area contributed by atoms with E-state index in [2.05, 4.69) is 31.3 Å². The molecule has 0 aliphatic rings. The van der Waals surface area contributed by atoms with Gasteiger partial charge in [0.2, 0.25) is 5.91 Å². The maximum Gasteiger partial charge on any atom is 0.249 e. The molecule has 48 heavy (non-hydrogen) atoms. The van der Waals surface area contributed by atoms with Crippen LogP contribution in [0.25, 0.3) is 0 Å². The predicted octanol–water partition coefficient (Wildman–Crippen LogP) is 10.6. The summed E-state index contributed by atoms with van der Waals surface area (Å²) in [6, 6.07) is -0.989. The van der Waals surface area contributed by atoms with Gasteiger partial charge in [-0.05, 0) is 38.5 Å². The fourth-order valence-electron chi connectivity index (χ4n) is 6.57. The van der Waals surface area contributed by atoms with Crippen LogP contribution in [-0.2, 0) is 4.79 Å². The molecule has 0 aromatic carbocycles. The van der Waals surface area contributed by atoms with Crippen molar-refractivity contribution in [3.63, 3.8) is 0 Å². The molecule has 5 N–H and O–H groups in total. The minimum atomic E-state index is -1.27. The number of aliphatic hydroxyl groups is 4. The molecular formula is C42H83NO5. The number of nitrogens with one attached hydrogen (secondary N) is 1. The van der Waals surface area contributed by atoms with Gasteiger partial charge < -0.3 is 25.7 Å². The molecular weight excluding hydrogens is 598 g/mol. The van der Waals surface area contributed by atoms with Crippen LogP contribution in [0.15, 0.2) is 12.2 Å². The summed E-state index contributed by atoms with van der Waals surface area (Å²) in [4.78, 5) is 12.5. The van der Waals surface area contributed by atoms with Crippen LogP contribution in [0, 0.1) is 0 Å². The minimum Gasteiger partial charge on any atom is -0.394 e. The van der Waals surface area contributed by atoms with Crippen molar-refractivity contribution in [1.82, 2.24) is 5.32 Å². The lowest BCUT2D eigenvalue weighted by Gasteiger charge is -2.27. The lowest BCUT2D eigenvalue weighted by Crippen LogP contribution is -2.53. The molecule has 0 saturated carbocycles. The number of carbonyl (C=O) groups is 1. The van der Waals surface area contributed by atoms with Crippen LogP contribution < -0.4 is 5.32 Å². The molecule has 0 aliphatic carbocycles. The summed E-state index contributed by atoms with van der Waals surface area (Å²) in [5, 5.41) is 43.6. The van der Waals surface area contributed by atoms with Gasteiger partial charge in [0.15, 0.2) is 0 Å². The maximum atomic E-state index is 12.5. The Kier molecular flexibility index (Phi) is 36.6. The summed E-state index contributed by atoms with van der Waals surface area (Å²) in [6.45, 7) is 4.04. The summed E-state index contributed by atoms with van der Waals surface area (Å²) in [6.07, 6.45) is 39.5. The first-order chi connectivity index (χ1) is 23.5. The molecule has 0 unspecified atom stereocenters. The zero-order chi connectivity index (χ0) is 35.3. The number of rotatable bonds is 38. The van der Waals surface area contributed by atoms with Gasteiger partial charge in [0.1, 0.15) is 12.2 Å². The molecule has 0 aliphatic heterocycles. The summed E-state index contributed by atoms with van der Waals surface area (Å²) < 4.78 is 0. The predicted molar refractivity (Wildman–Crippen MR) is 205 cm³/mol. The summed E-state index contributed by atoms with van der Waals surface area (Å²) in [5.41, 5.74) is 0. The zero-order valence-corrected chi connectivity index (χ0v) is 32.0. The highest BCUT2D eigenvalue weighted by Crippen LogP contribution is 2.16. The third kappa shape index (κ3) is 31.1. The van der Waals surface area contributed by atoms with E-state index in [0.29, 0.717) is 12.8 Å². The number of allylic oxidation sites excluding steroid dienone is 2. The summed E-state index contributed by atoms with van der Waals surface area (Å²) >= 11 is 0. The van der Waals surface area contributed by atoms with E-state index in [1.54, 1.807) is 0 Å². The minimum absolute atomic E-state index is 0.370. The maximum absolute atomic E-state index is 12.5. The van der Waals surface area contributed by atoms with Crippen LogP contribution in [0.4, 0.5) is 0 Å². The van der Waals surface area contributed by atoms with Crippen molar-refractivity contribution < 1.29 is 25.2 Å². The quantitative estimate of drug-likeness (QED) is 0.0329. The number of hydrogen-bond acceptors (Lipinski definition) is 5. The number of aliphatic hydroxyl groups excluding tert-OH is 4. The van der Waals surface area contributed by atoms with Crippen LogP contribution in [-0.4, -0.2) is 57.3 Å². The van der Waals surface area contributed by atoms with Gasteiger partial charge in [-0.1, -0.05) is 193 Å². The van der Waals surface area contributed by atoms with Crippen LogP contribution in [0.3, 0.4) is 0 Å². The third-order valence-corrected chi connectivity index (χ3v) is 9.98. The van der Waals surface area contributed by atoms with Crippen molar-refractivity contribution in [3.05, 3.63) is 12.2 Å². The fourth-order valence-corrected chi connectivity index (χ4v) is 6.57. The first-order valence-electron chi connectivity index (χ1n) is 21.1. The fraction of sp³-hybridized carbons (Fsp3) is 0.929. The van der Waals surface area contributed by atoms with Crippen molar-refractivity contribution in [1.29, 1.82) is 0 Å². The Morgan fingerprint density at radius 1 is 0.500 bits per heavy atom. The number of amides is 1. The highest BCUT2D eigenvalue weighted by atomic mass is 16.3. The van der Waals surface area contributed by atoms with Crippen LogP contribution in [0.2, 0.25) is 0 Å². The van der Waals surface area contributed by atoms with Gasteiger partial charge in [0.25, 0.3) is 0 Å². The van der Waals surface area contributed by atoms with E-state index in [1.807, 2.05) is 0 Å². The van der Waals surface area contributed by atoms with Gasteiger partial charge in [-0.25, -0.2) is 0 Å². The molecule has 0 fully saturated rings. The lowest BCUT2D eigenvalue weighted by molar-refractivity contribution is -0.132. The van der Waals surface area contributed by atoms with Crippen LogP contribution in [0.5, 0.6) is 0 Å². The summed E-state index contributed by atoms with van der Waals surface area (Å²) in [7, 11) is 0. The van der Waals surface area contributed by atoms with E-state index >= 15 is 0 Å². The average molecular weight is 682 g/mol. The lowest BCUT2D eigenvalue weighted by atomic mass is 9.99. The topological polar surface area (TPSA) is 110 Å². The Morgan fingerprint density at radius 3 is 1.23 bits per heavy atom. The van der Waals surface area contributed by atoms with Crippen molar-refractivity contribution in [2.24, 2.45) is 0 Å².